The van der Waals surface area contributed by atoms with E-state index in [1.165, 1.54) is 6.07 Å². The minimum absolute atomic E-state index is 0.278. The molecule has 0 unspecified atom stereocenters. The van der Waals surface area contributed by atoms with E-state index in [4.69, 9.17) is 4.74 Å². The molecule has 0 saturated carbocycles. The molecule has 3 rings (SSSR count). The summed E-state index contributed by atoms with van der Waals surface area (Å²) in [6.45, 7) is 5.42. The molecule has 0 spiro atoms. The van der Waals surface area contributed by atoms with Gasteiger partial charge in [0.05, 0.1) is 11.7 Å². The van der Waals surface area contributed by atoms with Gasteiger partial charge >= 0.3 is 6.09 Å². The second-order valence-electron chi connectivity index (χ2n) is 7.61. The standard InChI is InChI=1S/C22H24N4O3/c1-22(2,3)29-21(28)25-18(15-9-5-4-6-10-15)13-16-14-19(27)26-20(24-16)17-11-7-8-12-23-17/h4-12,14,18H,13H2,1-3H3,(H,25,28)(H,24,26,27)/t18-/m0/s1. The van der Waals surface area contributed by atoms with Gasteiger partial charge in [0.1, 0.15) is 11.3 Å². The van der Waals surface area contributed by atoms with Crippen LogP contribution in [-0.2, 0) is 11.2 Å². The number of hydrogen-bond acceptors (Lipinski definition) is 5. The minimum Gasteiger partial charge on any atom is -0.444 e. The molecular weight excluding hydrogens is 368 g/mol. The smallest absolute Gasteiger partial charge is 0.408 e. The molecule has 7 nitrogen and oxygen atoms in total. The van der Waals surface area contributed by atoms with Crippen LogP contribution in [0.1, 0.15) is 38.1 Å². The number of benzene rings is 1. The number of carbonyl (C=O) groups is 1. The number of aromatic amines is 1. The largest absolute Gasteiger partial charge is 0.444 e. The zero-order chi connectivity index (χ0) is 20.9. The number of ether oxygens (including phenoxy) is 1. The van der Waals surface area contributed by atoms with Gasteiger partial charge in [-0.1, -0.05) is 36.4 Å². The number of aromatic nitrogens is 3. The van der Waals surface area contributed by atoms with E-state index in [1.54, 1.807) is 18.3 Å². The molecule has 0 fully saturated rings. The van der Waals surface area contributed by atoms with Crippen LogP contribution in [0.15, 0.2) is 65.6 Å². The van der Waals surface area contributed by atoms with Crippen LogP contribution in [0.2, 0.25) is 0 Å². The highest BCUT2D eigenvalue weighted by Gasteiger charge is 2.21. The molecule has 0 radical (unpaired) electrons. The highest BCUT2D eigenvalue weighted by atomic mass is 16.6. The topological polar surface area (TPSA) is 97.0 Å². The highest BCUT2D eigenvalue weighted by Crippen LogP contribution is 2.19. The summed E-state index contributed by atoms with van der Waals surface area (Å²) in [6, 6.07) is 15.9. The van der Waals surface area contributed by atoms with Crippen LogP contribution in [0.5, 0.6) is 0 Å². The van der Waals surface area contributed by atoms with Crippen LogP contribution >= 0.6 is 0 Å². The Morgan fingerprint density at radius 1 is 1.14 bits per heavy atom. The average Bonchev–Trinajstić information content (AvgIpc) is 2.67. The zero-order valence-electron chi connectivity index (χ0n) is 16.7. The summed E-state index contributed by atoms with van der Waals surface area (Å²) in [6.07, 6.45) is 1.44. The fraction of sp³-hybridized carbons (Fsp3) is 0.273. The Morgan fingerprint density at radius 3 is 2.52 bits per heavy atom. The van der Waals surface area contributed by atoms with Crippen LogP contribution in [0.3, 0.4) is 0 Å². The summed E-state index contributed by atoms with van der Waals surface area (Å²) >= 11 is 0. The number of alkyl carbamates (subject to hydrolysis) is 1. The molecule has 150 valence electrons. The van der Waals surface area contributed by atoms with Gasteiger partial charge in [0.15, 0.2) is 5.82 Å². The average molecular weight is 392 g/mol. The Kier molecular flexibility index (Phi) is 6.07. The van der Waals surface area contributed by atoms with Gasteiger partial charge in [-0.3, -0.25) is 9.78 Å². The highest BCUT2D eigenvalue weighted by molar-refractivity contribution is 5.68. The van der Waals surface area contributed by atoms with Gasteiger partial charge in [0.25, 0.3) is 5.56 Å². The first-order valence-corrected chi connectivity index (χ1v) is 9.36. The van der Waals surface area contributed by atoms with E-state index in [0.717, 1.165) is 5.56 Å². The molecule has 7 heteroatoms. The van der Waals surface area contributed by atoms with E-state index in [1.807, 2.05) is 57.2 Å². The van der Waals surface area contributed by atoms with Gasteiger partial charge < -0.3 is 15.0 Å². The quantitative estimate of drug-likeness (QED) is 0.691. The molecule has 3 aromatic rings. The van der Waals surface area contributed by atoms with Crippen LogP contribution in [0, 0.1) is 0 Å². The molecule has 0 aliphatic carbocycles. The molecule has 0 aliphatic rings. The van der Waals surface area contributed by atoms with E-state index in [9.17, 15) is 9.59 Å². The molecule has 2 heterocycles. The molecule has 2 N–H and O–H groups in total. The lowest BCUT2D eigenvalue weighted by molar-refractivity contribution is 0.0503. The number of pyridine rings is 1. The molecule has 2 aromatic heterocycles. The number of hydrogen-bond donors (Lipinski definition) is 2. The van der Waals surface area contributed by atoms with Crippen molar-refractivity contribution in [2.45, 2.75) is 38.8 Å². The first-order valence-electron chi connectivity index (χ1n) is 9.36. The third-order valence-corrected chi connectivity index (χ3v) is 4.01. The third kappa shape index (κ3) is 6.00. The molecule has 0 aliphatic heterocycles. The van der Waals surface area contributed by atoms with Crippen molar-refractivity contribution in [1.82, 2.24) is 20.3 Å². The van der Waals surface area contributed by atoms with Gasteiger partial charge in [-0.2, -0.15) is 0 Å². The van der Waals surface area contributed by atoms with Crippen LogP contribution in [0.25, 0.3) is 11.5 Å². The number of H-pyrrole nitrogens is 1. The Bertz CT molecular complexity index is 1010. The lowest BCUT2D eigenvalue weighted by Crippen LogP contribution is -2.36. The fourth-order valence-corrected chi connectivity index (χ4v) is 2.83. The maximum Gasteiger partial charge on any atom is 0.408 e. The second kappa shape index (κ2) is 8.68. The molecule has 1 aromatic carbocycles. The molecular formula is C22H24N4O3. The fourth-order valence-electron chi connectivity index (χ4n) is 2.83. The number of amides is 1. The summed E-state index contributed by atoms with van der Waals surface area (Å²) in [5.41, 5.74) is 1.11. The molecule has 1 amide bonds. The SMILES string of the molecule is CC(C)(C)OC(=O)N[C@@H](Cc1cc(=O)[nH]c(-c2ccccn2)n1)c1ccccc1. The first-order chi connectivity index (χ1) is 13.8. The Balaban J connectivity index is 1.89. The summed E-state index contributed by atoms with van der Waals surface area (Å²) < 4.78 is 5.40. The molecule has 0 bridgehead atoms. The van der Waals surface area contributed by atoms with Crippen molar-refractivity contribution in [2.24, 2.45) is 0 Å². The van der Waals surface area contributed by atoms with E-state index in [2.05, 4.69) is 20.3 Å². The number of nitrogens with one attached hydrogen (secondary N) is 2. The predicted octanol–water partition coefficient (Wildman–Crippen LogP) is 3.64. The maximum absolute atomic E-state index is 12.4. The zero-order valence-corrected chi connectivity index (χ0v) is 16.7. The van der Waals surface area contributed by atoms with E-state index < -0.39 is 17.7 Å². The number of carbonyl (C=O) groups excluding carboxylic acids is 1. The third-order valence-electron chi connectivity index (χ3n) is 4.01. The van der Waals surface area contributed by atoms with Crippen molar-refractivity contribution in [1.29, 1.82) is 0 Å². The minimum atomic E-state index is -0.611. The van der Waals surface area contributed by atoms with Crippen molar-refractivity contribution in [2.75, 3.05) is 0 Å². The van der Waals surface area contributed by atoms with Gasteiger partial charge in [-0.15, -0.1) is 0 Å². The van der Waals surface area contributed by atoms with Crippen LogP contribution in [-0.4, -0.2) is 26.6 Å². The summed E-state index contributed by atoms with van der Waals surface area (Å²) in [4.78, 5) is 36.0. The number of nitrogens with zero attached hydrogens (tertiary/aromatic N) is 2. The summed E-state index contributed by atoms with van der Waals surface area (Å²) in [5.74, 6) is 0.386. The lowest BCUT2D eigenvalue weighted by Gasteiger charge is -2.24. The van der Waals surface area contributed by atoms with E-state index in [0.29, 0.717) is 23.6 Å². The van der Waals surface area contributed by atoms with Gasteiger partial charge in [0.2, 0.25) is 0 Å². The van der Waals surface area contributed by atoms with Gasteiger partial charge in [-0.05, 0) is 38.5 Å². The van der Waals surface area contributed by atoms with E-state index in [-0.39, 0.29) is 5.56 Å². The number of rotatable bonds is 5. The summed E-state index contributed by atoms with van der Waals surface area (Å²) in [5, 5.41) is 2.89. The normalized spacial score (nSPS) is 12.2. The van der Waals surface area contributed by atoms with Crippen molar-refractivity contribution in [3.63, 3.8) is 0 Å². The van der Waals surface area contributed by atoms with E-state index >= 15 is 0 Å². The van der Waals surface area contributed by atoms with Crippen molar-refractivity contribution in [3.8, 4) is 11.5 Å². The Labute approximate surface area is 169 Å². The summed E-state index contributed by atoms with van der Waals surface area (Å²) in [7, 11) is 0. The Morgan fingerprint density at radius 2 is 1.86 bits per heavy atom. The van der Waals surface area contributed by atoms with Crippen molar-refractivity contribution in [3.05, 3.63) is 82.4 Å². The molecule has 0 saturated heterocycles. The lowest BCUT2D eigenvalue weighted by atomic mass is 10.0. The van der Waals surface area contributed by atoms with Gasteiger partial charge in [-0.25, -0.2) is 9.78 Å². The van der Waals surface area contributed by atoms with Crippen molar-refractivity contribution < 1.29 is 9.53 Å². The predicted molar refractivity (Wildman–Crippen MR) is 110 cm³/mol. The van der Waals surface area contributed by atoms with Gasteiger partial charge in [0, 0.05) is 18.7 Å². The van der Waals surface area contributed by atoms with Crippen molar-refractivity contribution >= 4 is 6.09 Å². The first kappa shape index (κ1) is 20.3. The monoisotopic (exact) mass is 392 g/mol. The van der Waals surface area contributed by atoms with Crippen LogP contribution in [0.4, 0.5) is 4.79 Å². The van der Waals surface area contributed by atoms with Crippen LogP contribution < -0.4 is 10.9 Å². The maximum atomic E-state index is 12.4. The molecule has 1 atom stereocenters. The Hall–Kier alpha value is -3.48. The molecule has 29 heavy (non-hydrogen) atoms. The second-order valence-corrected chi connectivity index (χ2v) is 7.61.